The van der Waals surface area contributed by atoms with Gasteiger partial charge in [-0.25, -0.2) is 14.4 Å². The van der Waals surface area contributed by atoms with Crippen LogP contribution in [0, 0.1) is 5.92 Å². The number of nitrogens with one attached hydrogen (secondary N) is 1. The number of halogens is 1. The van der Waals surface area contributed by atoms with Crippen LogP contribution < -0.4 is 4.90 Å². The molecule has 5 heterocycles. The highest BCUT2D eigenvalue weighted by molar-refractivity contribution is 7.19. The Bertz CT molecular complexity index is 1400. The number of H-pyrrole nitrogens is 1. The average Bonchev–Trinajstić information content (AvgIpc) is 3.49. The molecular weight excluding hydrogens is 487 g/mol. The van der Waals surface area contributed by atoms with Crippen molar-refractivity contribution in [3.63, 3.8) is 0 Å². The van der Waals surface area contributed by atoms with Crippen LogP contribution in [0.15, 0.2) is 30.3 Å². The highest BCUT2D eigenvalue weighted by Crippen LogP contribution is 2.37. The number of nitrogens with zero attached hydrogens (tertiary/aromatic N) is 5. The van der Waals surface area contributed by atoms with E-state index in [4.69, 9.17) is 14.7 Å². The van der Waals surface area contributed by atoms with Gasteiger partial charge in [0.2, 0.25) is 0 Å². The van der Waals surface area contributed by atoms with Gasteiger partial charge in [0.25, 0.3) is 0 Å². The zero-order valence-electron chi connectivity index (χ0n) is 21.1. The van der Waals surface area contributed by atoms with Crippen molar-refractivity contribution in [1.29, 1.82) is 0 Å². The van der Waals surface area contributed by atoms with Crippen LogP contribution in [-0.4, -0.2) is 83.8 Å². The van der Waals surface area contributed by atoms with Gasteiger partial charge >= 0.3 is 0 Å². The standard InChI is InChI=1S/C28H33FN6OS/c29-16-20-14-23-22(2-1-3-24(23)30-20)27-31-25-15-21(18-34-8-6-33(7-9-34)17-19-4-5-19)37-26(25)28(32-27)35-10-12-36-13-11-35/h1-3,14-15,19,30H,4-13,16-18H2. The second kappa shape index (κ2) is 9.94. The van der Waals surface area contributed by atoms with Crippen molar-refractivity contribution in [1.82, 2.24) is 24.8 Å². The van der Waals surface area contributed by atoms with Crippen LogP contribution in [-0.2, 0) is 18.0 Å². The number of ether oxygens (including phenoxy) is 1. The third-order valence-electron chi connectivity index (χ3n) is 7.88. The SMILES string of the molecule is FCc1cc2c(-c3nc(N4CCOCC4)c4sc(CN5CCN(CC6CC6)CC5)cc4n3)cccc2[nH]1. The Labute approximate surface area is 220 Å². The maximum absolute atomic E-state index is 13.4. The van der Waals surface area contributed by atoms with E-state index in [1.807, 2.05) is 35.6 Å². The van der Waals surface area contributed by atoms with Crippen LogP contribution in [0.2, 0.25) is 0 Å². The van der Waals surface area contributed by atoms with Crippen molar-refractivity contribution >= 4 is 38.3 Å². The lowest BCUT2D eigenvalue weighted by Gasteiger charge is -2.34. The van der Waals surface area contributed by atoms with E-state index in [2.05, 4.69) is 25.8 Å². The van der Waals surface area contributed by atoms with Crippen molar-refractivity contribution < 1.29 is 9.13 Å². The molecule has 9 heteroatoms. The van der Waals surface area contributed by atoms with Crippen molar-refractivity contribution in [2.24, 2.45) is 5.92 Å². The monoisotopic (exact) mass is 520 g/mol. The fourth-order valence-electron chi connectivity index (χ4n) is 5.65. The Hall–Kier alpha value is -2.59. The molecule has 7 rings (SSSR count). The zero-order chi connectivity index (χ0) is 24.8. The number of rotatable bonds is 7. The first-order chi connectivity index (χ1) is 18.2. The minimum absolute atomic E-state index is 0.518. The Morgan fingerprint density at radius 3 is 2.59 bits per heavy atom. The first kappa shape index (κ1) is 23.5. The second-order valence-electron chi connectivity index (χ2n) is 10.6. The van der Waals surface area contributed by atoms with Gasteiger partial charge in [-0.05, 0) is 37.0 Å². The third-order valence-corrected chi connectivity index (χ3v) is 8.98. The van der Waals surface area contributed by atoms with Crippen LogP contribution in [0.1, 0.15) is 23.4 Å². The molecule has 2 saturated heterocycles. The average molecular weight is 521 g/mol. The quantitative estimate of drug-likeness (QED) is 0.382. The normalized spacial score (nSPS) is 19.9. The minimum Gasteiger partial charge on any atom is -0.378 e. The van der Waals surface area contributed by atoms with Gasteiger partial charge in [-0.2, -0.15) is 0 Å². The molecule has 0 unspecified atom stereocenters. The lowest BCUT2D eigenvalue weighted by atomic mass is 10.1. The van der Waals surface area contributed by atoms with Gasteiger partial charge in [0, 0.05) is 79.4 Å². The molecule has 0 spiro atoms. The molecule has 2 aliphatic heterocycles. The molecule has 1 N–H and O–H groups in total. The van der Waals surface area contributed by atoms with E-state index < -0.39 is 6.67 Å². The summed E-state index contributed by atoms with van der Waals surface area (Å²) in [4.78, 5) is 22.2. The number of thiophene rings is 1. The summed E-state index contributed by atoms with van der Waals surface area (Å²) in [6.45, 7) is 9.38. The number of hydrogen-bond donors (Lipinski definition) is 1. The number of morpholine rings is 1. The molecule has 1 saturated carbocycles. The number of piperazine rings is 1. The first-order valence-electron chi connectivity index (χ1n) is 13.5. The number of anilines is 1. The molecule has 1 aliphatic carbocycles. The Morgan fingerprint density at radius 2 is 1.81 bits per heavy atom. The van der Waals surface area contributed by atoms with Crippen LogP contribution in [0.5, 0.6) is 0 Å². The third kappa shape index (κ3) is 4.85. The molecule has 3 aliphatic rings. The van der Waals surface area contributed by atoms with Crippen molar-refractivity contribution in [2.45, 2.75) is 26.1 Å². The van der Waals surface area contributed by atoms with Gasteiger partial charge in [-0.1, -0.05) is 12.1 Å². The molecule has 7 nitrogen and oxygen atoms in total. The smallest absolute Gasteiger partial charge is 0.162 e. The maximum Gasteiger partial charge on any atom is 0.162 e. The van der Waals surface area contributed by atoms with Crippen LogP contribution in [0.4, 0.5) is 10.2 Å². The molecule has 0 radical (unpaired) electrons. The molecular formula is C28H33FN6OS. The Balaban J connectivity index is 1.22. The summed E-state index contributed by atoms with van der Waals surface area (Å²) in [7, 11) is 0. The van der Waals surface area contributed by atoms with Crippen molar-refractivity contribution in [2.75, 3.05) is 63.9 Å². The summed E-state index contributed by atoms with van der Waals surface area (Å²) in [5.41, 5.74) is 3.42. The van der Waals surface area contributed by atoms with E-state index in [9.17, 15) is 4.39 Å². The number of hydrogen-bond acceptors (Lipinski definition) is 7. The molecule has 3 fully saturated rings. The predicted molar refractivity (Wildman–Crippen MR) is 147 cm³/mol. The van der Waals surface area contributed by atoms with Crippen LogP contribution >= 0.6 is 11.3 Å². The lowest BCUT2D eigenvalue weighted by Crippen LogP contribution is -2.46. The van der Waals surface area contributed by atoms with Crippen LogP contribution in [0.3, 0.4) is 0 Å². The number of fused-ring (bicyclic) bond motifs is 2. The first-order valence-corrected chi connectivity index (χ1v) is 14.3. The fourth-order valence-corrected chi connectivity index (χ4v) is 6.80. The number of aromatic nitrogens is 3. The van der Waals surface area contributed by atoms with Gasteiger partial charge in [-0.3, -0.25) is 4.90 Å². The largest absolute Gasteiger partial charge is 0.378 e. The van der Waals surface area contributed by atoms with Crippen LogP contribution in [0.25, 0.3) is 32.5 Å². The van der Waals surface area contributed by atoms with Gasteiger partial charge < -0.3 is 19.5 Å². The van der Waals surface area contributed by atoms with E-state index >= 15 is 0 Å². The zero-order valence-corrected chi connectivity index (χ0v) is 21.9. The van der Waals surface area contributed by atoms with Crippen molar-refractivity contribution in [3.05, 3.63) is 40.9 Å². The van der Waals surface area contributed by atoms with E-state index in [0.717, 1.165) is 71.1 Å². The number of alkyl halides is 1. The molecule has 37 heavy (non-hydrogen) atoms. The van der Waals surface area contributed by atoms with E-state index in [1.54, 1.807) is 0 Å². The minimum atomic E-state index is -0.518. The highest BCUT2D eigenvalue weighted by Gasteiger charge is 2.27. The predicted octanol–water partition coefficient (Wildman–Crippen LogP) is 4.67. The summed E-state index contributed by atoms with van der Waals surface area (Å²) in [6, 6.07) is 10.1. The topological polar surface area (TPSA) is 60.5 Å². The summed E-state index contributed by atoms with van der Waals surface area (Å²) >= 11 is 1.83. The second-order valence-corrected chi connectivity index (χ2v) is 11.7. The molecule has 1 aromatic carbocycles. The lowest BCUT2D eigenvalue weighted by molar-refractivity contribution is 0.122. The van der Waals surface area contributed by atoms with Gasteiger partial charge in [-0.15, -0.1) is 11.3 Å². The molecule has 0 bridgehead atoms. The summed E-state index contributed by atoms with van der Waals surface area (Å²) in [5, 5.41) is 0.960. The van der Waals surface area contributed by atoms with Gasteiger partial charge in [0.05, 0.1) is 23.4 Å². The molecule has 194 valence electrons. The van der Waals surface area contributed by atoms with Crippen molar-refractivity contribution in [3.8, 4) is 11.4 Å². The summed E-state index contributed by atoms with van der Waals surface area (Å²) < 4.78 is 20.2. The molecule has 4 aromatic rings. The Morgan fingerprint density at radius 1 is 1.00 bits per heavy atom. The summed E-state index contributed by atoms with van der Waals surface area (Å²) in [5.74, 6) is 2.65. The van der Waals surface area contributed by atoms with E-state index in [1.165, 1.54) is 37.4 Å². The molecule has 0 atom stereocenters. The number of benzene rings is 1. The molecule has 3 aromatic heterocycles. The van der Waals surface area contributed by atoms with E-state index in [0.29, 0.717) is 24.7 Å². The van der Waals surface area contributed by atoms with Gasteiger partial charge in [0.15, 0.2) is 11.6 Å². The molecule has 0 amide bonds. The highest BCUT2D eigenvalue weighted by atomic mass is 32.1. The maximum atomic E-state index is 13.4. The van der Waals surface area contributed by atoms with E-state index in [-0.39, 0.29) is 0 Å². The summed E-state index contributed by atoms with van der Waals surface area (Å²) in [6.07, 6.45) is 2.85. The van der Waals surface area contributed by atoms with Gasteiger partial charge in [0.1, 0.15) is 6.67 Å². The fraction of sp³-hybridized carbons (Fsp3) is 0.500. The number of aromatic amines is 1. The Kier molecular flexibility index (Phi) is 6.32.